The number of carbonyl (C=O) groups excluding carboxylic acids is 2. The second-order valence-electron chi connectivity index (χ2n) is 9.30. The minimum Gasteiger partial charge on any atom is -0.476 e. The third-order valence-corrected chi connectivity index (χ3v) is 7.68. The van der Waals surface area contributed by atoms with E-state index in [0.29, 0.717) is 30.1 Å². The van der Waals surface area contributed by atoms with Crippen molar-refractivity contribution < 1.29 is 37.4 Å². The first-order valence-corrected chi connectivity index (χ1v) is 14.4. The molecule has 1 unspecified atom stereocenters. The number of nitrogen functional groups attached to an aromatic ring is 1. The number of anilines is 1. The van der Waals surface area contributed by atoms with Gasteiger partial charge in [-0.05, 0) is 27.2 Å². The molecule has 0 saturated carbocycles. The average Bonchev–Trinajstić information content (AvgIpc) is 3.46. The van der Waals surface area contributed by atoms with Crippen LogP contribution in [0.25, 0.3) is 11.2 Å². The molecule has 1 aliphatic rings. The van der Waals surface area contributed by atoms with Gasteiger partial charge in [-0.3, -0.25) is 18.7 Å². The van der Waals surface area contributed by atoms with Crippen LogP contribution in [0.5, 0.6) is 5.88 Å². The Bertz CT molecular complexity index is 1150. The summed E-state index contributed by atoms with van der Waals surface area (Å²) in [4.78, 5) is 36.4. The quantitative estimate of drug-likeness (QED) is 0.189. The zero-order valence-electron chi connectivity index (χ0n) is 21.9. The largest absolute Gasteiger partial charge is 0.476 e. The number of hydrogen-bond donors (Lipinski definition) is 2. The third kappa shape index (κ3) is 7.87. The fraction of sp³-hybridized carbons (Fsp3) is 0.682. The van der Waals surface area contributed by atoms with Gasteiger partial charge in [0.25, 0.3) is 0 Å². The summed E-state index contributed by atoms with van der Waals surface area (Å²) in [6.07, 6.45) is 1.58. The first kappa shape index (κ1) is 30.3. The molecule has 16 heteroatoms. The highest BCUT2D eigenvalue weighted by atomic mass is 32.2. The molecular weight excluding hydrogens is 539 g/mol. The lowest BCUT2D eigenvalue weighted by Gasteiger charge is -2.21. The molecule has 0 aromatic carbocycles. The Morgan fingerprint density at radius 3 is 2.79 bits per heavy atom. The number of imidazole rings is 1. The van der Waals surface area contributed by atoms with E-state index in [4.69, 9.17) is 34.7 Å². The highest BCUT2D eigenvalue weighted by Gasteiger charge is 2.35. The molecule has 1 aliphatic heterocycles. The molecule has 0 amide bonds. The van der Waals surface area contributed by atoms with Crippen LogP contribution in [0.4, 0.5) is 5.95 Å². The van der Waals surface area contributed by atoms with Gasteiger partial charge in [0.05, 0.1) is 44.2 Å². The van der Waals surface area contributed by atoms with Crippen molar-refractivity contribution in [2.45, 2.75) is 46.4 Å². The Morgan fingerprint density at radius 2 is 2.08 bits per heavy atom. The molecule has 14 nitrogen and oxygen atoms in total. The first-order valence-electron chi connectivity index (χ1n) is 12.2. The van der Waals surface area contributed by atoms with Gasteiger partial charge in [-0.15, -0.1) is 0 Å². The van der Waals surface area contributed by atoms with E-state index >= 15 is 0 Å². The predicted molar refractivity (Wildman–Crippen MR) is 141 cm³/mol. The van der Waals surface area contributed by atoms with Crippen molar-refractivity contribution in [1.29, 1.82) is 0 Å². The highest BCUT2D eigenvalue weighted by molar-refractivity contribution is 8.13. The Kier molecular flexibility index (Phi) is 10.9. The molecule has 1 saturated heterocycles. The summed E-state index contributed by atoms with van der Waals surface area (Å²) in [6, 6.07) is 0. The van der Waals surface area contributed by atoms with Gasteiger partial charge in [-0.25, -0.2) is 4.98 Å². The minimum atomic E-state index is -2.78. The lowest BCUT2D eigenvalue weighted by molar-refractivity contribution is -0.146. The molecule has 0 aliphatic carbocycles. The molecule has 212 valence electrons. The third-order valence-electron chi connectivity index (χ3n) is 5.65. The SMILES string of the molecule is CCOc1nc(N)nc2c1ncn2[C@@H]1O[C@H](CO[PH](=O)OCCSC(=O)C(C)(C)COC(=O)CN)C[C@@H]1C. The fourth-order valence-corrected chi connectivity index (χ4v) is 5.36. The van der Waals surface area contributed by atoms with Crippen molar-refractivity contribution in [3.05, 3.63) is 6.33 Å². The molecule has 0 spiro atoms. The maximum Gasteiger partial charge on any atom is 0.319 e. The number of nitrogens with zero attached hydrogens (tertiary/aromatic N) is 4. The van der Waals surface area contributed by atoms with Crippen LogP contribution in [0, 0.1) is 11.3 Å². The lowest BCUT2D eigenvalue weighted by Crippen LogP contribution is -2.31. The first-order chi connectivity index (χ1) is 18.1. The van der Waals surface area contributed by atoms with E-state index in [0.717, 1.165) is 11.8 Å². The minimum absolute atomic E-state index is 0.0573. The van der Waals surface area contributed by atoms with Gasteiger partial charge in [0.15, 0.2) is 16.3 Å². The van der Waals surface area contributed by atoms with E-state index in [1.54, 1.807) is 24.7 Å². The number of carbonyl (C=O) groups is 2. The highest BCUT2D eigenvalue weighted by Crippen LogP contribution is 2.38. The van der Waals surface area contributed by atoms with Crippen LogP contribution < -0.4 is 16.2 Å². The molecule has 0 bridgehead atoms. The number of thioether (sulfide) groups is 1. The second-order valence-corrected chi connectivity index (χ2v) is 11.4. The van der Waals surface area contributed by atoms with Crippen LogP contribution in [0.15, 0.2) is 6.33 Å². The Hall–Kier alpha value is -2.29. The Morgan fingerprint density at radius 1 is 1.32 bits per heavy atom. The molecule has 2 aromatic rings. The van der Waals surface area contributed by atoms with Gasteiger partial charge in [-0.2, -0.15) is 9.97 Å². The number of ether oxygens (including phenoxy) is 3. The molecule has 2 aromatic heterocycles. The van der Waals surface area contributed by atoms with E-state index in [1.165, 1.54) is 0 Å². The van der Waals surface area contributed by atoms with Crippen LogP contribution in [-0.4, -0.2) is 75.4 Å². The van der Waals surface area contributed by atoms with E-state index in [1.807, 2.05) is 13.8 Å². The topological polar surface area (TPSA) is 193 Å². The summed E-state index contributed by atoms with van der Waals surface area (Å²) in [5.41, 5.74) is 11.2. The molecule has 3 heterocycles. The molecular formula is C22H35N6O8PS. The van der Waals surface area contributed by atoms with Crippen LogP contribution in [0.1, 0.15) is 40.3 Å². The molecule has 0 radical (unpaired) electrons. The molecule has 4 atom stereocenters. The van der Waals surface area contributed by atoms with Crippen molar-refractivity contribution >= 4 is 48.2 Å². The van der Waals surface area contributed by atoms with E-state index in [9.17, 15) is 14.2 Å². The van der Waals surface area contributed by atoms with Crippen LogP contribution >= 0.6 is 20.0 Å². The number of hydrogen-bond acceptors (Lipinski definition) is 14. The van der Waals surface area contributed by atoms with Crippen LogP contribution in [0.3, 0.4) is 0 Å². The Labute approximate surface area is 225 Å². The predicted octanol–water partition coefficient (Wildman–Crippen LogP) is 1.94. The number of nitrogens with two attached hydrogens (primary N) is 2. The average molecular weight is 575 g/mol. The summed E-state index contributed by atoms with van der Waals surface area (Å²) in [5, 5.41) is -0.182. The summed E-state index contributed by atoms with van der Waals surface area (Å²) in [6.45, 7) is 7.44. The zero-order chi connectivity index (χ0) is 27.9. The van der Waals surface area contributed by atoms with E-state index < -0.39 is 19.6 Å². The summed E-state index contributed by atoms with van der Waals surface area (Å²) in [5.74, 6) is 0.172. The summed E-state index contributed by atoms with van der Waals surface area (Å²) in [7, 11) is -2.78. The Balaban J connectivity index is 1.43. The number of aromatic nitrogens is 4. The summed E-state index contributed by atoms with van der Waals surface area (Å²) >= 11 is 1.01. The molecule has 38 heavy (non-hydrogen) atoms. The maximum atomic E-state index is 12.4. The zero-order valence-corrected chi connectivity index (χ0v) is 23.7. The van der Waals surface area contributed by atoms with Gasteiger partial charge in [0, 0.05) is 11.7 Å². The van der Waals surface area contributed by atoms with Crippen molar-refractivity contribution in [3.8, 4) is 5.88 Å². The summed E-state index contributed by atoms with van der Waals surface area (Å²) < 4.78 is 41.3. The van der Waals surface area contributed by atoms with E-state index in [2.05, 4.69) is 15.0 Å². The number of fused-ring (bicyclic) bond motifs is 1. The van der Waals surface area contributed by atoms with Gasteiger partial charge >= 0.3 is 14.2 Å². The standard InChI is InChI=1S/C22H35N6O8PS/c1-5-32-18-16-17(26-21(24)27-18)28(12-25-16)19-13(2)8-14(36-19)10-35-37(31)34-6-7-38-20(30)22(3,4)11-33-15(29)9-23/h12-14,19,37H,5-11,23H2,1-4H3,(H2,24,26,27)/t13-,14-,19+/m0/s1. The number of esters is 1. The number of rotatable bonds is 14. The van der Waals surface area contributed by atoms with Crippen molar-refractivity contribution in [1.82, 2.24) is 19.5 Å². The van der Waals surface area contributed by atoms with Crippen molar-refractivity contribution in [2.75, 3.05) is 44.5 Å². The smallest absolute Gasteiger partial charge is 0.319 e. The second kappa shape index (κ2) is 13.7. The molecule has 4 N–H and O–H groups in total. The molecule has 1 fully saturated rings. The molecule has 3 rings (SSSR count). The van der Waals surface area contributed by atoms with Gasteiger partial charge in [0.2, 0.25) is 11.8 Å². The fourth-order valence-electron chi connectivity index (χ4n) is 3.73. The van der Waals surface area contributed by atoms with Gasteiger partial charge in [-0.1, -0.05) is 18.7 Å². The van der Waals surface area contributed by atoms with Gasteiger partial charge in [0.1, 0.15) is 12.8 Å². The monoisotopic (exact) mass is 574 g/mol. The van der Waals surface area contributed by atoms with E-state index in [-0.39, 0.29) is 61.4 Å². The van der Waals surface area contributed by atoms with Crippen molar-refractivity contribution in [3.63, 3.8) is 0 Å². The van der Waals surface area contributed by atoms with Gasteiger partial charge < -0.3 is 34.7 Å². The normalized spacial score (nSPS) is 20.5. The maximum absolute atomic E-state index is 12.4. The van der Waals surface area contributed by atoms with Crippen LogP contribution in [-0.2, 0) is 32.7 Å². The van der Waals surface area contributed by atoms with Crippen LogP contribution in [0.2, 0.25) is 0 Å². The lowest BCUT2D eigenvalue weighted by atomic mass is 9.97. The van der Waals surface area contributed by atoms with Crippen molar-refractivity contribution in [2.24, 2.45) is 17.1 Å².